The van der Waals surface area contributed by atoms with Crippen molar-refractivity contribution < 1.29 is 9.84 Å². The van der Waals surface area contributed by atoms with Crippen molar-refractivity contribution >= 4 is 0 Å². The topological polar surface area (TPSA) is 55.5 Å². The van der Waals surface area contributed by atoms with E-state index in [2.05, 4.69) is 20.8 Å². The Morgan fingerprint density at radius 1 is 1.24 bits per heavy atom. The Morgan fingerprint density at radius 3 is 2.24 bits per heavy atom. The van der Waals surface area contributed by atoms with Crippen LogP contribution in [0.25, 0.3) is 0 Å². The van der Waals surface area contributed by atoms with Crippen LogP contribution in [0.1, 0.15) is 38.8 Å². The Balaban J connectivity index is 3.33. The van der Waals surface area contributed by atoms with Gasteiger partial charge in [0, 0.05) is 6.54 Å². The van der Waals surface area contributed by atoms with E-state index in [1.54, 1.807) is 14.0 Å². The molecule has 96 valence electrons. The van der Waals surface area contributed by atoms with Gasteiger partial charge in [0.2, 0.25) is 0 Å². The Bertz CT molecular complexity index is 392. The highest BCUT2D eigenvalue weighted by Crippen LogP contribution is 2.34. The first kappa shape index (κ1) is 14.0. The van der Waals surface area contributed by atoms with E-state index in [9.17, 15) is 5.11 Å². The molecule has 0 radical (unpaired) electrons. The van der Waals surface area contributed by atoms with Gasteiger partial charge in [-0.05, 0) is 35.6 Å². The van der Waals surface area contributed by atoms with Crippen molar-refractivity contribution in [3.05, 3.63) is 29.3 Å². The van der Waals surface area contributed by atoms with E-state index in [1.165, 1.54) is 0 Å². The largest absolute Gasteiger partial charge is 0.496 e. The second-order valence-electron chi connectivity index (χ2n) is 5.64. The summed E-state index contributed by atoms with van der Waals surface area (Å²) in [7, 11) is 1.66. The second-order valence-corrected chi connectivity index (χ2v) is 5.64. The molecule has 1 aromatic carbocycles. The normalized spacial score (nSPS) is 15.5. The van der Waals surface area contributed by atoms with Gasteiger partial charge in [0.05, 0.1) is 12.7 Å². The summed E-state index contributed by atoms with van der Waals surface area (Å²) in [5, 5.41) is 10.2. The minimum Gasteiger partial charge on any atom is -0.496 e. The van der Waals surface area contributed by atoms with Gasteiger partial charge in [-0.1, -0.05) is 26.8 Å². The zero-order chi connectivity index (χ0) is 13.3. The third kappa shape index (κ3) is 2.99. The van der Waals surface area contributed by atoms with Crippen LogP contribution >= 0.6 is 0 Å². The van der Waals surface area contributed by atoms with Crippen LogP contribution in [0.2, 0.25) is 0 Å². The van der Waals surface area contributed by atoms with Crippen molar-refractivity contribution in [1.29, 1.82) is 0 Å². The van der Waals surface area contributed by atoms with Crippen molar-refractivity contribution in [2.45, 2.75) is 38.7 Å². The van der Waals surface area contributed by atoms with E-state index in [-0.39, 0.29) is 12.0 Å². The maximum Gasteiger partial charge on any atom is 0.122 e. The lowest BCUT2D eigenvalue weighted by Crippen LogP contribution is -2.31. The molecule has 0 saturated heterocycles. The van der Waals surface area contributed by atoms with Gasteiger partial charge in [0.25, 0.3) is 0 Å². The van der Waals surface area contributed by atoms with E-state index in [4.69, 9.17) is 10.5 Å². The van der Waals surface area contributed by atoms with Crippen molar-refractivity contribution in [1.82, 2.24) is 0 Å². The molecule has 0 aliphatic carbocycles. The minimum absolute atomic E-state index is 0.0357. The molecule has 17 heavy (non-hydrogen) atoms. The summed E-state index contributed by atoms with van der Waals surface area (Å²) in [6.07, 6.45) is 0. The summed E-state index contributed by atoms with van der Waals surface area (Å²) >= 11 is 0. The van der Waals surface area contributed by atoms with Gasteiger partial charge in [-0.2, -0.15) is 0 Å². The zero-order valence-corrected chi connectivity index (χ0v) is 11.4. The highest BCUT2D eigenvalue weighted by Gasteiger charge is 2.25. The number of aliphatic hydroxyl groups is 1. The predicted octanol–water partition coefficient (Wildman–Crippen LogP) is 2.16. The number of ether oxygens (including phenoxy) is 1. The van der Waals surface area contributed by atoms with Crippen LogP contribution in [0.15, 0.2) is 18.2 Å². The molecule has 3 N–H and O–H groups in total. The van der Waals surface area contributed by atoms with Crippen LogP contribution < -0.4 is 10.5 Å². The fourth-order valence-electron chi connectivity index (χ4n) is 1.75. The van der Waals surface area contributed by atoms with Gasteiger partial charge in [-0.3, -0.25) is 0 Å². The molecule has 0 fully saturated rings. The van der Waals surface area contributed by atoms with E-state index < -0.39 is 5.60 Å². The molecule has 1 atom stereocenters. The van der Waals surface area contributed by atoms with Crippen LogP contribution in [0.5, 0.6) is 5.75 Å². The molecule has 0 heterocycles. The number of nitrogens with two attached hydrogens (primary N) is 1. The zero-order valence-electron chi connectivity index (χ0n) is 11.4. The lowest BCUT2D eigenvalue weighted by molar-refractivity contribution is 0.0666. The average molecular weight is 237 g/mol. The Hall–Kier alpha value is -1.06. The third-order valence-electron chi connectivity index (χ3n) is 3.03. The highest BCUT2D eigenvalue weighted by molar-refractivity contribution is 5.43. The lowest BCUT2D eigenvalue weighted by Gasteiger charge is -2.27. The summed E-state index contributed by atoms with van der Waals surface area (Å²) in [5.41, 5.74) is 6.46. The molecule has 0 bridgehead atoms. The monoisotopic (exact) mass is 237 g/mol. The quantitative estimate of drug-likeness (QED) is 0.847. The molecular formula is C14H23NO2. The van der Waals surface area contributed by atoms with Crippen LogP contribution in [-0.4, -0.2) is 18.8 Å². The standard InChI is InChI=1S/C14H23NO2/c1-13(2,3)11-8-10(14(4,16)9-15)6-7-12(11)17-5/h6-8,16H,9,15H2,1-5H3. The summed E-state index contributed by atoms with van der Waals surface area (Å²) in [4.78, 5) is 0. The third-order valence-corrected chi connectivity index (χ3v) is 3.03. The van der Waals surface area contributed by atoms with Gasteiger partial charge < -0.3 is 15.6 Å². The Kier molecular flexibility index (Phi) is 3.84. The first-order valence-electron chi connectivity index (χ1n) is 5.84. The summed E-state index contributed by atoms with van der Waals surface area (Å²) in [6.45, 7) is 8.27. The molecule has 3 nitrogen and oxygen atoms in total. The van der Waals surface area contributed by atoms with Crippen LogP contribution in [-0.2, 0) is 11.0 Å². The van der Waals surface area contributed by atoms with Crippen LogP contribution in [0.4, 0.5) is 0 Å². The first-order valence-corrected chi connectivity index (χ1v) is 5.84. The maximum absolute atomic E-state index is 10.2. The highest BCUT2D eigenvalue weighted by atomic mass is 16.5. The predicted molar refractivity (Wildman–Crippen MR) is 70.3 cm³/mol. The smallest absolute Gasteiger partial charge is 0.122 e. The van der Waals surface area contributed by atoms with E-state index >= 15 is 0 Å². The van der Waals surface area contributed by atoms with Gasteiger partial charge >= 0.3 is 0 Å². The molecule has 0 saturated carbocycles. The molecule has 3 heteroatoms. The van der Waals surface area contributed by atoms with Crippen molar-refractivity contribution in [3.8, 4) is 5.75 Å². The summed E-state index contributed by atoms with van der Waals surface area (Å²) in [5.74, 6) is 0.842. The van der Waals surface area contributed by atoms with Gasteiger partial charge in [0.1, 0.15) is 5.75 Å². The number of hydrogen-bond acceptors (Lipinski definition) is 3. The van der Waals surface area contributed by atoms with Gasteiger partial charge in [-0.15, -0.1) is 0 Å². The average Bonchev–Trinajstić information content (AvgIpc) is 2.27. The number of rotatable bonds is 3. The molecule has 1 rings (SSSR count). The van der Waals surface area contributed by atoms with Crippen molar-refractivity contribution in [2.24, 2.45) is 5.73 Å². The lowest BCUT2D eigenvalue weighted by atomic mass is 9.83. The van der Waals surface area contributed by atoms with Crippen molar-refractivity contribution in [3.63, 3.8) is 0 Å². The maximum atomic E-state index is 10.2. The molecule has 0 aliphatic rings. The number of hydrogen-bond donors (Lipinski definition) is 2. The van der Waals surface area contributed by atoms with Crippen LogP contribution in [0.3, 0.4) is 0 Å². The molecule has 0 amide bonds. The second kappa shape index (κ2) is 4.67. The molecule has 0 aromatic heterocycles. The van der Waals surface area contributed by atoms with Crippen LogP contribution in [0, 0.1) is 0 Å². The van der Waals surface area contributed by atoms with Crippen molar-refractivity contribution in [2.75, 3.05) is 13.7 Å². The Morgan fingerprint density at radius 2 is 1.82 bits per heavy atom. The SMILES string of the molecule is COc1ccc(C(C)(O)CN)cc1C(C)(C)C. The van der Waals surface area contributed by atoms with Gasteiger partial charge in [0.15, 0.2) is 0 Å². The molecular weight excluding hydrogens is 214 g/mol. The number of benzene rings is 1. The van der Waals surface area contributed by atoms with E-state index in [0.717, 1.165) is 16.9 Å². The first-order chi connectivity index (χ1) is 7.72. The molecule has 1 unspecified atom stereocenters. The summed E-state index contributed by atoms with van der Waals surface area (Å²) < 4.78 is 5.36. The number of methoxy groups -OCH3 is 1. The van der Waals surface area contributed by atoms with Gasteiger partial charge in [-0.25, -0.2) is 0 Å². The summed E-state index contributed by atoms with van der Waals surface area (Å²) in [6, 6.07) is 5.73. The minimum atomic E-state index is -0.994. The fourth-order valence-corrected chi connectivity index (χ4v) is 1.75. The van der Waals surface area contributed by atoms with E-state index in [0.29, 0.717) is 0 Å². The fraction of sp³-hybridized carbons (Fsp3) is 0.571. The molecule has 0 aliphatic heterocycles. The molecule has 1 aromatic rings. The van der Waals surface area contributed by atoms with E-state index in [1.807, 2.05) is 18.2 Å². The molecule has 0 spiro atoms. The Labute approximate surface area is 104 Å².